The van der Waals surface area contributed by atoms with Gasteiger partial charge in [0.25, 0.3) is 5.56 Å². The molecule has 152 valence electrons. The second kappa shape index (κ2) is 5.82. The highest BCUT2D eigenvalue weighted by Gasteiger charge is 2.57. The molecule has 2 aliphatic rings. The zero-order valence-corrected chi connectivity index (χ0v) is 16.3. The smallest absolute Gasteiger partial charge is 0.326 e. The van der Waals surface area contributed by atoms with E-state index in [1.54, 1.807) is 17.7 Å². The number of hydrogen-bond acceptors (Lipinski definition) is 5. The summed E-state index contributed by atoms with van der Waals surface area (Å²) in [6, 6.07) is 16.7. The Hall–Kier alpha value is -4.40. The second-order valence-corrected chi connectivity index (χ2v) is 7.59. The average molecular weight is 412 g/mol. The van der Waals surface area contributed by atoms with Crippen LogP contribution < -0.4 is 21.9 Å². The Balaban J connectivity index is 1.80. The quantitative estimate of drug-likeness (QED) is 0.380. The number of carbonyl (C=O) groups is 1. The van der Waals surface area contributed by atoms with E-state index in [2.05, 4.69) is 20.6 Å². The molecule has 0 saturated heterocycles. The highest BCUT2D eigenvalue weighted by Crippen LogP contribution is 2.54. The number of aryl methyl sites for hydroxylation is 1. The Bertz CT molecular complexity index is 1510. The lowest BCUT2D eigenvalue weighted by atomic mass is 9.69. The zero-order valence-electron chi connectivity index (χ0n) is 16.3. The van der Waals surface area contributed by atoms with E-state index in [0.717, 1.165) is 5.69 Å². The molecule has 6 rings (SSSR count). The van der Waals surface area contributed by atoms with Crippen molar-refractivity contribution in [2.75, 3.05) is 10.6 Å². The largest absolute Gasteiger partial charge is 0.327 e. The van der Waals surface area contributed by atoms with Crippen molar-refractivity contribution in [2.45, 2.75) is 12.3 Å². The lowest BCUT2D eigenvalue weighted by molar-refractivity contribution is -0.118. The van der Waals surface area contributed by atoms with Gasteiger partial charge in [-0.3, -0.25) is 19.6 Å². The molecule has 2 aromatic heterocycles. The maximum Gasteiger partial charge on any atom is 0.327 e. The minimum atomic E-state index is -1.46. The molecule has 0 aliphatic carbocycles. The van der Waals surface area contributed by atoms with E-state index in [1.165, 1.54) is 0 Å². The molecule has 2 aromatic carbocycles. The van der Waals surface area contributed by atoms with Crippen molar-refractivity contribution in [3.8, 4) is 5.69 Å². The molecular formula is C22H16N6O3. The average Bonchev–Trinajstić information content (AvgIpc) is 3.23. The highest BCUT2D eigenvalue weighted by atomic mass is 16.2. The van der Waals surface area contributed by atoms with E-state index in [0.29, 0.717) is 28.3 Å². The van der Waals surface area contributed by atoms with Crippen molar-refractivity contribution in [1.82, 2.24) is 19.7 Å². The number of hydrogen-bond donors (Lipinski definition) is 4. The van der Waals surface area contributed by atoms with Gasteiger partial charge in [0, 0.05) is 16.8 Å². The normalized spacial score (nSPS) is 18.2. The Morgan fingerprint density at radius 3 is 2.42 bits per heavy atom. The van der Waals surface area contributed by atoms with Crippen LogP contribution in [0, 0.1) is 6.92 Å². The van der Waals surface area contributed by atoms with Gasteiger partial charge in [-0.05, 0) is 25.1 Å². The van der Waals surface area contributed by atoms with E-state index < -0.39 is 16.7 Å². The summed E-state index contributed by atoms with van der Waals surface area (Å²) in [5.41, 5.74) is 0.579. The summed E-state index contributed by atoms with van der Waals surface area (Å²) >= 11 is 0. The van der Waals surface area contributed by atoms with Crippen molar-refractivity contribution in [3.63, 3.8) is 0 Å². The SMILES string of the molecule is Cc1nn(-c2ccccc2)c2c1[C@]1(C(=O)Nc3ccccc31)c1c([nH]c(=O)[nH]c1=O)N2. The molecule has 9 heteroatoms. The summed E-state index contributed by atoms with van der Waals surface area (Å²) in [5, 5.41) is 10.8. The molecule has 0 radical (unpaired) electrons. The molecule has 0 saturated carbocycles. The highest BCUT2D eigenvalue weighted by molar-refractivity contribution is 6.14. The van der Waals surface area contributed by atoms with Crippen molar-refractivity contribution in [2.24, 2.45) is 0 Å². The number of anilines is 3. The van der Waals surface area contributed by atoms with Crippen molar-refractivity contribution >= 4 is 23.2 Å². The van der Waals surface area contributed by atoms with Crippen LogP contribution in [-0.2, 0) is 10.2 Å². The summed E-state index contributed by atoms with van der Waals surface area (Å²) in [5.74, 6) is 0.320. The summed E-state index contributed by atoms with van der Waals surface area (Å²) < 4.78 is 1.68. The number of benzene rings is 2. The molecule has 2 aliphatic heterocycles. The molecular weight excluding hydrogens is 396 g/mol. The third-order valence-electron chi connectivity index (χ3n) is 5.92. The van der Waals surface area contributed by atoms with Crippen LogP contribution in [0.5, 0.6) is 0 Å². The first-order valence-electron chi connectivity index (χ1n) is 9.72. The molecule has 1 amide bonds. The molecule has 4 aromatic rings. The van der Waals surface area contributed by atoms with Gasteiger partial charge in [0.05, 0.1) is 16.9 Å². The van der Waals surface area contributed by atoms with E-state index >= 15 is 0 Å². The van der Waals surface area contributed by atoms with Crippen molar-refractivity contribution in [3.05, 3.63) is 97.8 Å². The Kier molecular flexibility index (Phi) is 3.28. The van der Waals surface area contributed by atoms with Gasteiger partial charge in [-0.15, -0.1) is 0 Å². The van der Waals surface area contributed by atoms with Crippen LogP contribution >= 0.6 is 0 Å². The van der Waals surface area contributed by atoms with E-state index in [1.807, 2.05) is 48.5 Å². The fourth-order valence-corrected chi connectivity index (χ4v) is 4.78. The van der Waals surface area contributed by atoms with Crippen LogP contribution in [0.15, 0.2) is 64.2 Å². The molecule has 9 nitrogen and oxygen atoms in total. The van der Waals surface area contributed by atoms with E-state index in [9.17, 15) is 14.4 Å². The zero-order chi connectivity index (χ0) is 21.3. The van der Waals surface area contributed by atoms with Gasteiger partial charge in [-0.2, -0.15) is 5.10 Å². The first kappa shape index (κ1) is 17.5. The van der Waals surface area contributed by atoms with Crippen LogP contribution in [0.4, 0.5) is 17.3 Å². The maximum absolute atomic E-state index is 13.6. The van der Waals surface area contributed by atoms with E-state index in [-0.39, 0.29) is 17.3 Å². The third-order valence-corrected chi connectivity index (χ3v) is 5.92. The number of aromatic amines is 2. The predicted molar refractivity (Wildman–Crippen MR) is 114 cm³/mol. The number of para-hydroxylation sites is 2. The third kappa shape index (κ3) is 2.09. The Morgan fingerprint density at radius 2 is 1.61 bits per heavy atom. The molecule has 0 fully saturated rings. The van der Waals surface area contributed by atoms with Crippen molar-refractivity contribution < 1.29 is 4.79 Å². The topological polar surface area (TPSA) is 125 Å². The summed E-state index contributed by atoms with van der Waals surface area (Å²) in [4.78, 5) is 43.7. The monoisotopic (exact) mass is 412 g/mol. The van der Waals surface area contributed by atoms with Crippen LogP contribution in [0.2, 0.25) is 0 Å². The van der Waals surface area contributed by atoms with Gasteiger partial charge in [0.15, 0.2) is 0 Å². The van der Waals surface area contributed by atoms with Crippen molar-refractivity contribution in [1.29, 1.82) is 0 Å². The lowest BCUT2D eigenvalue weighted by Crippen LogP contribution is -2.46. The molecule has 0 unspecified atom stereocenters. The molecule has 4 N–H and O–H groups in total. The van der Waals surface area contributed by atoms with Gasteiger partial charge in [-0.25, -0.2) is 9.48 Å². The maximum atomic E-state index is 13.6. The summed E-state index contributed by atoms with van der Waals surface area (Å²) in [7, 11) is 0. The van der Waals surface area contributed by atoms with Gasteiger partial charge < -0.3 is 10.6 Å². The van der Waals surface area contributed by atoms with Gasteiger partial charge >= 0.3 is 5.69 Å². The molecule has 1 atom stereocenters. The number of nitrogens with one attached hydrogen (secondary N) is 4. The first-order chi connectivity index (χ1) is 15.0. The standard InChI is InChI=1S/C22H16N6O3/c1-11-15-18(28(27-11)12-7-3-2-4-8-12)24-17-16(19(29)26-21(31)25-17)22(15)13-9-5-6-10-14(13)23-20(22)30/h2-10H,1H3,(H,23,30)(H3,24,25,26,29,31)/t22-/m0/s1. The minimum absolute atomic E-state index is 0.137. The molecule has 31 heavy (non-hydrogen) atoms. The number of carbonyl (C=O) groups excluding carboxylic acids is 1. The predicted octanol–water partition coefficient (Wildman–Crippen LogP) is 1.90. The lowest BCUT2D eigenvalue weighted by Gasteiger charge is -2.34. The minimum Gasteiger partial charge on any atom is -0.326 e. The van der Waals surface area contributed by atoms with E-state index in [4.69, 9.17) is 5.10 Å². The van der Waals surface area contributed by atoms with Gasteiger partial charge in [0.1, 0.15) is 17.1 Å². The van der Waals surface area contributed by atoms with Crippen LogP contribution in [0.3, 0.4) is 0 Å². The van der Waals surface area contributed by atoms with Gasteiger partial charge in [0.2, 0.25) is 5.91 Å². The van der Waals surface area contributed by atoms with Crippen LogP contribution in [-0.4, -0.2) is 25.7 Å². The van der Waals surface area contributed by atoms with Crippen LogP contribution in [0.25, 0.3) is 5.69 Å². The number of H-pyrrole nitrogens is 2. The fraction of sp³-hybridized carbons (Fsp3) is 0.0909. The fourth-order valence-electron chi connectivity index (χ4n) is 4.78. The Morgan fingerprint density at radius 1 is 0.871 bits per heavy atom. The number of aromatic nitrogens is 4. The molecule has 0 bridgehead atoms. The number of amides is 1. The Labute approximate surface area is 174 Å². The first-order valence-corrected chi connectivity index (χ1v) is 9.72. The van der Waals surface area contributed by atoms with Gasteiger partial charge in [-0.1, -0.05) is 36.4 Å². The van der Waals surface area contributed by atoms with Crippen LogP contribution in [0.1, 0.15) is 22.4 Å². The second-order valence-electron chi connectivity index (χ2n) is 7.59. The summed E-state index contributed by atoms with van der Waals surface area (Å²) in [6.07, 6.45) is 0. The number of nitrogens with zero attached hydrogens (tertiary/aromatic N) is 2. The molecule has 1 spiro atoms. The summed E-state index contributed by atoms with van der Waals surface area (Å²) in [6.45, 7) is 1.81. The number of rotatable bonds is 1. The number of fused-ring (bicyclic) bond motifs is 6. The molecule has 4 heterocycles.